The van der Waals surface area contributed by atoms with E-state index in [1.165, 1.54) is 24.1 Å². The van der Waals surface area contributed by atoms with Gasteiger partial charge in [-0.1, -0.05) is 20.8 Å². The fourth-order valence-electron chi connectivity index (χ4n) is 2.02. The van der Waals surface area contributed by atoms with Crippen molar-refractivity contribution in [2.75, 3.05) is 5.73 Å². The minimum Gasteiger partial charge on any atom is -0.382 e. The molecule has 3 N–H and O–H groups in total. The Morgan fingerprint density at radius 2 is 2.13 bits per heavy atom. The number of hydrogen-bond donors (Lipinski definition) is 2. The number of rotatable bonds is 4. The van der Waals surface area contributed by atoms with E-state index >= 15 is 0 Å². The molecule has 1 heterocycles. The summed E-state index contributed by atoms with van der Waals surface area (Å²) in [5.41, 5.74) is 8.92. The van der Waals surface area contributed by atoms with Gasteiger partial charge >= 0.3 is 0 Å². The number of nitrogen functional groups attached to an aromatic ring is 1. The summed E-state index contributed by atoms with van der Waals surface area (Å²) in [6.45, 7) is 6.77. The van der Waals surface area contributed by atoms with E-state index in [1.54, 1.807) is 0 Å². The van der Waals surface area contributed by atoms with E-state index in [4.69, 9.17) is 5.73 Å². The van der Waals surface area contributed by atoms with E-state index in [2.05, 4.69) is 31.0 Å². The molecule has 15 heavy (non-hydrogen) atoms. The monoisotopic (exact) mass is 207 g/mol. The Hall–Kier alpha value is -0.990. The molecule has 0 aliphatic heterocycles. The lowest BCUT2D eigenvalue weighted by molar-refractivity contribution is 0.551. The normalized spacial score (nSPS) is 18.4. The van der Waals surface area contributed by atoms with Crippen molar-refractivity contribution in [1.29, 1.82) is 0 Å². The van der Waals surface area contributed by atoms with Crippen molar-refractivity contribution in [2.24, 2.45) is 11.3 Å². The van der Waals surface area contributed by atoms with Gasteiger partial charge in [0.05, 0.1) is 0 Å². The Morgan fingerprint density at radius 1 is 1.47 bits per heavy atom. The van der Waals surface area contributed by atoms with Gasteiger partial charge in [0.25, 0.3) is 0 Å². The van der Waals surface area contributed by atoms with Gasteiger partial charge < -0.3 is 5.73 Å². The van der Waals surface area contributed by atoms with Crippen molar-refractivity contribution >= 4 is 5.82 Å². The topological polar surface area (TPSA) is 54.7 Å². The minimum atomic E-state index is 0.519. The molecule has 0 spiro atoms. The summed E-state index contributed by atoms with van der Waals surface area (Å²) in [5, 5.41) is 7.24. The Morgan fingerprint density at radius 3 is 2.67 bits per heavy atom. The lowest BCUT2D eigenvalue weighted by atomic mass is 9.96. The average Bonchev–Trinajstić information content (AvgIpc) is 2.78. The molecule has 1 fully saturated rings. The Bertz CT molecular complexity index is 348. The first-order valence-electron chi connectivity index (χ1n) is 5.82. The number of nitrogens with two attached hydrogens (primary N) is 1. The lowest BCUT2D eigenvalue weighted by Gasteiger charge is -2.10. The maximum Gasteiger partial charge on any atom is 0.148 e. The molecule has 0 radical (unpaired) electrons. The second-order valence-electron chi connectivity index (χ2n) is 5.65. The Balaban J connectivity index is 2.15. The lowest BCUT2D eigenvalue weighted by Crippen LogP contribution is -2.05. The summed E-state index contributed by atoms with van der Waals surface area (Å²) in [6, 6.07) is 0. The van der Waals surface area contributed by atoms with Crippen LogP contribution in [0, 0.1) is 11.3 Å². The van der Waals surface area contributed by atoms with E-state index in [0.717, 1.165) is 12.8 Å². The molecular formula is C12H21N3. The SMILES string of the molecule is CC(C)Cc1c(N)n[nH]c1CC1(C)CC1. The highest BCUT2D eigenvalue weighted by Gasteiger charge is 2.38. The van der Waals surface area contributed by atoms with Gasteiger partial charge in [-0.3, -0.25) is 5.10 Å². The van der Waals surface area contributed by atoms with Gasteiger partial charge in [-0.05, 0) is 37.0 Å². The van der Waals surface area contributed by atoms with Gasteiger partial charge in [-0.25, -0.2) is 0 Å². The van der Waals surface area contributed by atoms with Crippen LogP contribution >= 0.6 is 0 Å². The summed E-state index contributed by atoms with van der Waals surface area (Å²) in [5.74, 6) is 1.33. The van der Waals surface area contributed by atoms with E-state index in [-0.39, 0.29) is 0 Å². The van der Waals surface area contributed by atoms with Crippen LogP contribution in [0.5, 0.6) is 0 Å². The highest BCUT2D eigenvalue weighted by Crippen LogP contribution is 2.48. The van der Waals surface area contributed by atoms with Crippen LogP contribution in [-0.4, -0.2) is 10.2 Å². The zero-order valence-corrected chi connectivity index (χ0v) is 9.93. The Kier molecular flexibility index (Phi) is 2.49. The molecule has 0 bridgehead atoms. The van der Waals surface area contributed by atoms with Crippen LogP contribution in [0.1, 0.15) is 44.9 Å². The first-order valence-corrected chi connectivity index (χ1v) is 5.82. The third kappa shape index (κ3) is 2.33. The van der Waals surface area contributed by atoms with E-state index in [9.17, 15) is 0 Å². The molecule has 1 aromatic rings. The molecular weight excluding hydrogens is 186 g/mol. The van der Waals surface area contributed by atoms with Crippen molar-refractivity contribution in [3.63, 3.8) is 0 Å². The van der Waals surface area contributed by atoms with Crippen molar-refractivity contribution in [3.05, 3.63) is 11.3 Å². The van der Waals surface area contributed by atoms with Crippen LogP contribution in [0.3, 0.4) is 0 Å². The molecule has 0 amide bonds. The fourth-order valence-corrected chi connectivity index (χ4v) is 2.02. The maximum absolute atomic E-state index is 5.89. The van der Waals surface area contributed by atoms with Crippen LogP contribution in [0.25, 0.3) is 0 Å². The first kappa shape index (κ1) is 10.5. The highest BCUT2D eigenvalue weighted by molar-refractivity contribution is 5.42. The predicted octanol–water partition coefficient (Wildman–Crippen LogP) is 2.53. The molecule has 0 unspecified atom stereocenters. The molecule has 1 aliphatic rings. The summed E-state index contributed by atoms with van der Waals surface area (Å²) in [4.78, 5) is 0. The molecule has 0 saturated heterocycles. The van der Waals surface area contributed by atoms with Gasteiger partial charge in [-0.15, -0.1) is 0 Å². The molecule has 2 rings (SSSR count). The quantitative estimate of drug-likeness (QED) is 0.797. The van der Waals surface area contributed by atoms with Crippen LogP contribution in [0.2, 0.25) is 0 Å². The summed E-state index contributed by atoms with van der Waals surface area (Å²) < 4.78 is 0. The highest BCUT2D eigenvalue weighted by atomic mass is 15.2. The van der Waals surface area contributed by atoms with Crippen LogP contribution < -0.4 is 5.73 Å². The number of nitrogens with zero attached hydrogens (tertiary/aromatic N) is 1. The standard InChI is InChI=1S/C12H21N3/c1-8(2)6-9-10(14-15-11(9)13)7-12(3)4-5-12/h8H,4-7H2,1-3H3,(H3,13,14,15). The maximum atomic E-state index is 5.89. The van der Waals surface area contributed by atoms with Gasteiger partial charge in [-0.2, -0.15) is 5.10 Å². The van der Waals surface area contributed by atoms with E-state index in [0.29, 0.717) is 17.2 Å². The van der Waals surface area contributed by atoms with Gasteiger partial charge in [0.1, 0.15) is 5.82 Å². The van der Waals surface area contributed by atoms with Crippen molar-refractivity contribution in [3.8, 4) is 0 Å². The van der Waals surface area contributed by atoms with Crippen molar-refractivity contribution < 1.29 is 0 Å². The van der Waals surface area contributed by atoms with Crippen molar-refractivity contribution in [1.82, 2.24) is 10.2 Å². The first-order chi connectivity index (χ1) is 7.00. The number of nitrogens with one attached hydrogen (secondary N) is 1. The number of hydrogen-bond acceptors (Lipinski definition) is 2. The largest absolute Gasteiger partial charge is 0.382 e. The minimum absolute atomic E-state index is 0.519. The number of H-pyrrole nitrogens is 1. The van der Waals surface area contributed by atoms with Crippen LogP contribution in [-0.2, 0) is 12.8 Å². The van der Waals surface area contributed by atoms with Crippen LogP contribution in [0.15, 0.2) is 0 Å². The predicted molar refractivity (Wildman–Crippen MR) is 62.6 cm³/mol. The summed E-state index contributed by atoms with van der Waals surface area (Å²) >= 11 is 0. The summed E-state index contributed by atoms with van der Waals surface area (Å²) in [7, 11) is 0. The Labute approximate surface area is 91.4 Å². The van der Waals surface area contributed by atoms with Crippen molar-refractivity contribution in [2.45, 2.75) is 46.5 Å². The number of aromatic nitrogens is 2. The number of aromatic amines is 1. The van der Waals surface area contributed by atoms with E-state index in [1.807, 2.05) is 0 Å². The zero-order chi connectivity index (χ0) is 11.1. The molecule has 1 aliphatic carbocycles. The fraction of sp³-hybridized carbons (Fsp3) is 0.750. The molecule has 1 saturated carbocycles. The average molecular weight is 207 g/mol. The van der Waals surface area contributed by atoms with Gasteiger partial charge in [0.15, 0.2) is 0 Å². The van der Waals surface area contributed by atoms with E-state index < -0.39 is 0 Å². The smallest absolute Gasteiger partial charge is 0.148 e. The van der Waals surface area contributed by atoms with Gasteiger partial charge in [0, 0.05) is 11.3 Å². The second-order valence-corrected chi connectivity index (χ2v) is 5.65. The molecule has 0 atom stereocenters. The van der Waals surface area contributed by atoms with Crippen LogP contribution in [0.4, 0.5) is 5.82 Å². The summed E-state index contributed by atoms with van der Waals surface area (Å²) in [6.07, 6.45) is 4.83. The molecule has 1 aromatic heterocycles. The molecule has 3 nitrogen and oxygen atoms in total. The second kappa shape index (κ2) is 3.54. The molecule has 84 valence electrons. The third-order valence-corrected chi connectivity index (χ3v) is 3.30. The molecule has 0 aromatic carbocycles. The molecule has 3 heteroatoms. The zero-order valence-electron chi connectivity index (χ0n) is 9.93. The number of anilines is 1. The van der Waals surface area contributed by atoms with Gasteiger partial charge in [0.2, 0.25) is 0 Å². The third-order valence-electron chi connectivity index (χ3n) is 3.30.